The van der Waals surface area contributed by atoms with E-state index in [-0.39, 0.29) is 95.7 Å². The van der Waals surface area contributed by atoms with Gasteiger partial charge in [-0.1, -0.05) is 90.7 Å². The lowest BCUT2D eigenvalue weighted by Gasteiger charge is -2.36. The van der Waals surface area contributed by atoms with E-state index in [0.29, 0.717) is 103 Å². The highest BCUT2D eigenvalue weighted by atomic mass is 32.1. The first kappa shape index (κ1) is 72.1. The van der Waals surface area contributed by atoms with Crippen LogP contribution in [-0.2, 0) is 20.1 Å². The fourth-order valence-electron chi connectivity index (χ4n) is 12.1. The minimum atomic E-state index is -0.727. The minimum absolute atomic E-state index is 0. The molecule has 3 fully saturated rings. The Bertz CT molecular complexity index is 4770. The summed E-state index contributed by atoms with van der Waals surface area (Å²) in [5, 5.41) is 52.3. The average Bonchev–Trinajstić information content (AvgIpc) is 1.06. The Morgan fingerprint density at radius 2 is 0.857 bits per heavy atom. The van der Waals surface area contributed by atoms with E-state index in [0.717, 1.165) is 11.6 Å². The summed E-state index contributed by atoms with van der Waals surface area (Å²) in [7, 11) is 1.49. The number of amides is 3. The zero-order valence-electron chi connectivity index (χ0n) is 51.4. The molecule has 10 heterocycles. The number of benzene rings is 3. The molecule has 3 aliphatic heterocycles. The maximum atomic E-state index is 13.4. The maximum Gasteiger partial charge on any atom is 0.433 e. The van der Waals surface area contributed by atoms with Crippen molar-refractivity contribution in [2.45, 2.75) is 49.2 Å². The molecular weight excluding hydrogens is 1290 g/mol. The van der Waals surface area contributed by atoms with Gasteiger partial charge in [-0.3, -0.25) is 73.8 Å². The van der Waals surface area contributed by atoms with E-state index in [4.69, 9.17) is 13.3 Å². The number of aromatic nitrogens is 3. The number of piperazine rings is 3. The van der Waals surface area contributed by atoms with Crippen LogP contribution in [0.25, 0.3) is 32.7 Å². The lowest BCUT2D eigenvalue weighted by molar-refractivity contribution is -0.402. The first-order chi connectivity index (χ1) is 45.7. The van der Waals surface area contributed by atoms with Crippen LogP contribution in [0.3, 0.4) is 0 Å². The van der Waals surface area contributed by atoms with Gasteiger partial charge in [-0.15, -0.1) is 0 Å². The van der Waals surface area contributed by atoms with Crippen LogP contribution in [0.5, 0.6) is 0 Å². The Morgan fingerprint density at radius 3 is 1.23 bits per heavy atom. The summed E-state index contributed by atoms with van der Waals surface area (Å²) >= 11 is 1.51. The number of carbonyl (C=O) groups excluding carboxylic acids is 3. The molecule has 3 amide bonds. The number of hydrogen-bond acceptors (Lipinski definition) is 21. The molecule has 0 N–H and O–H groups in total. The van der Waals surface area contributed by atoms with Gasteiger partial charge >= 0.3 is 39.6 Å². The third-order valence-electron chi connectivity index (χ3n) is 16.6. The largest absolute Gasteiger partial charge is 0.459 e. The molecule has 0 saturated carbocycles. The summed E-state index contributed by atoms with van der Waals surface area (Å²) in [4.78, 5) is 131. The van der Waals surface area contributed by atoms with Gasteiger partial charge in [0, 0.05) is 108 Å². The highest BCUT2D eigenvalue weighted by Gasteiger charge is 2.37. The fraction of sp³-hybridized carbons (Fsp3) is 0.313. The van der Waals surface area contributed by atoms with Crippen molar-refractivity contribution in [1.29, 1.82) is 0 Å². The van der Waals surface area contributed by atoms with E-state index >= 15 is 0 Å². The van der Waals surface area contributed by atoms with Crippen molar-refractivity contribution in [2.75, 3.05) is 93.2 Å². The summed E-state index contributed by atoms with van der Waals surface area (Å²) in [6.45, 7) is 8.45. The Labute approximate surface area is 563 Å². The number of para-hydroxylation sites is 3. The lowest BCUT2D eigenvalue weighted by Crippen LogP contribution is -2.49. The van der Waals surface area contributed by atoms with Crippen LogP contribution in [-0.4, -0.2) is 144 Å². The summed E-state index contributed by atoms with van der Waals surface area (Å²) in [5.41, 5.74) is 0.374. The molecule has 0 bridgehead atoms. The molecule has 0 spiro atoms. The number of rotatable bonds is 14. The number of pyridine rings is 3. The summed E-state index contributed by atoms with van der Waals surface area (Å²) < 4.78 is 19.6. The normalized spacial score (nSPS) is 13.8. The molecule has 514 valence electrons. The Balaban J connectivity index is 0.000000185. The van der Waals surface area contributed by atoms with Crippen molar-refractivity contribution >= 4 is 102 Å². The van der Waals surface area contributed by atoms with Crippen LogP contribution in [0.15, 0.2) is 166 Å². The van der Waals surface area contributed by atoms with Gasteiger partial charge in [0.15, 0.2) is 17.3 Å². The van der Waals surface area contributed by atoms with Gasteiger partial charge < -0.3 is 51.8 Å². The number of carbonyl (C=O) groups is 3. The Kier molecular flexibility index (Phi) is 22.6. The summed E-state index contributed by atoms with van der Waals surface area (Å²) in [5.74, 6) is -0.924. The van der Waals surface area contributed by atoms with E-state index in [9.17, 15) is 69.2 Å². The lowest BCUT2D eigenvalue weighted by atomic mass is 10.1. The van der Waals surface area contributed by atoms with Crippen molar-refractivity contribution in [1.82, 2.24) is 28.4 Å². The number of aryl methyl sites for hydroxylation is 1. The number of nitrogens with zero attached hydrogens (tertiary/aromatic N) is 13. The molecule has 13 rings (SSSR count). The molecule has 0 aliphatic carbocycles. The second-order valence-electron chi connectivity index (χ2n) is 22.8. The average molecular weight is 1360 g/mol. The van der Waals surface area contributed by atoms with Crippen LogP contribution >= 0.6 is 11.3 Å². The second kappa shape index (κ2) is 30.8. The molecular formula is C67H73N13O17S. The SMILES string of the molecule is C.C.C.CC(C)Cn1c(=O)c([N+](=O)[O-])c(N2CCN(C(=O)c3ccco3)CC2)c2ccccc21.Cn1c(=O)c([N+](=O)[O-])c(N2CCN(C(=O)c3ccc([N+](=O)[O-])o3)CC2)c2ccccc21.O=C(c1ccco1)N1CCN(c2c([N+](=O)[O-])c(=O)n(Cc3ccsc3)c3ccccc23)CC1. The van der Waals surface area contributed by atoms with Gasteiger partial charge in [0.25, 0.3) is 17.7 Å². The van der Waals surface area contributed by atoms with Crippen molar-refractivity contribution in [3.63, 3.8) is 0 Å². The van der Waals surface area contributed by atoms with Gasteiger partial charge in [0.2, 0.25) is 0 Å². The van der Waals surface area contributed by atoms with Crippen LogP contribution in [0.1, 0.15) is 73.4 Å². The third kappa shape index (κ3) is 14.4. The topological polar surface area (TPSA) is 349 Å². The Hall–Kier alpha value is -11.8. The maximum absolute atomic E-state index is 13.4. The molecule has 31 heteroatoms. The van der Waals surface area contributed by atoms with Gasteiger partial charge in [-0.25, -0.2) is 0 Å². The second-order valence-corrected chi connectivity index (χ2v) is 23.6. The first-order valence-corrected chi connectivity index (χ1v) is 31.0. The number of fused-ring (bicyclic) bond motifs is 3. The molecule has 0 unspecified atom stereocenters. The van der Waals surface area contributed by atoms with E-state index in [2.05, 4.69) is 0 Å². The summed E-state index contributed by atoms with van der Waals surface area (Å²) in [6, 6.07) is 32.2. The summed E-state index contributed by atoms with van der Waals surface area (Å²) in [6.07, 6.45) is 2.90. The smallest absolute Gasteiger partial charge is 0.433 e. The fourth-order valence-corrected chi connectivity index (χ4v) is 12.8. The number of anilines is 3. The van der Waals surface area contributed by atoms with E-state index < -0.39 is 65.2 Å². The standard InChI is InChI=1S/C23H20N4O5S.C22H24N4O5.C19H17N5O7.3CH4/c28-22(19-6-3-12-32-19)25-10-8-24(9-11-25)20-17-4-1-2-5-18(17)26(14-16-7-13-33-15-16)23(29)21(20)27(30)31;1-15(2)14-25-17-7-4-3-6-16(17)19(20(22(25)28)26(29)30)23-9-11-24(12-10-23)21(27)18-8-5-13-31-18;1-20-13-5-3-2-4-12(13)16(17(19(20)26)24(29)30)21-8-10-22(11-9-21)18(25)14-6-7-15(31-14)23(27)28;;;/h1-7,12-13,15H,8-11,14H2;3-8,13,15H,9-12,14H2,1-2H3;2-7H,8-11H2,1H3;3*1H4. The van der Waals surface area contributed by atoms with Crippen molar-refractivity contribution in [3.05, 3.63) is 233 Å². The van der Waals surface area contributed by atoms with E-state index in [1.165, 1.54) is 55.6 Å². The zero-order valence-corrected chi connectivity index (χ0v) is 52.2. The van der Waals surface area contributed by atoms with Crippen LogP contribution in [0, 0.1) is 46.4 Å². The number of thiophene rings is 1. The van der Waals surface area contributed by atoms with Gasteiger partial charge in [0.05, 0.1) is 56.5 Å². The Morgan fingerprint density at radius 1 is 0.469 bits per heavy atom. The predicted molar refractivity (Wildman–Crippen MR) is 371 cm³/mol. The molecule has 3 aromatic carbocycles. The minimum Gasteiger partial charge on any atom is -0.459 e. The van der Waals surface area contributed by atoms with Crippen molar-refractivity contribution in [3.8, 4) is 0 Å². The molecule has 0 atom stereocenters. The molecule has 3 aliphatic rings. The molecule has 3 saturated heterocycles. The number of hydrogen-bond donors (Lipinski definition) is 0. The third-order valence-corrected chi connectivity index (χ3v) is 17.3. The highest BCUT2D eigenvalue weighted by molar-refractivity contribution is 7.07. The zero-order chi connectivity index (χ0) is 67.4. The predicted octanol–water partition coefficient (Wildman–Crippen LogP) is 10.5. The quantitative estimate of drug-likeness (QED) is 0.0721. The van der Waals surface area contributed by atoms with Crippen molar-refractivity contribution < 1.29 is 47.3 Å². The first-order valence-electron chi connectivity index (χ1n) is 30.0. The molecule has 30 nitrogen and oxygen atoms in total. The van der Waals surface area contributed by atoms with Crippen molar-refractivity contribution in [2.24, 2.45) is 13.0 Å². The molecule has 10 aromatic rings. The van der Waals surface area contributed by atoms with E-state index in [1.807, 2.05) is 89.0 Å². The van der Waals surface area contributed by atoms with Gasteiger partial charge in [0.1, 0.15) is 22.0 Å². The number of nitro groups is 4. The monoisotopic (exact) mass is 1360 g/mol. The van der Waals surface area contributed by atoms with Crippen LogP contribution < -0.4 is 31.4 Å². The highest BCUT2D eigenvalue weighted by Crippen LogP contribution is 2.38. The van der Waals surface area contributed by atoms with Gasteiger partial charge in [-0.05, 0) is 76.8 Å². The van der Waals surface area contributed by atoms with Crippen LogP contribution in [0.4, 0.5) is 40.0 Å². The molecule has 0 radical (unpaired) electrons. The number of furan rings is 3. The molecule has 98 heavy (non-hydrogen) atoms. The van der Waals surface area contributed by atoms with Crippen LogP contribution in [0.2, 0.25) is 0 Å². The molecule has 7 aromatic heterocycles. The van der Waals surface area contributed by atoms with E-state index in [1.54, 1.807) is 63.2 Å². The van der Waals surface area contributed by atoms with Gasteiger partial charge in [-0.2, -0.15) is 11.3 Å².